The molecule has 0 bridgehead atoms. The number of piperidine rings is 1. The molecule has 3 aromatic rings. The predicted octanol–water partition coefficient (Wildman–Crippen LogP) is 3.05. The van der Waals surface area contributed by atoms with Crippen LogP contribution in [0.2, 0.25) is 0 Å². The lowest BCUT2D eigenvalue weighted by atomic mass is 10.1. The van der Waals surface area contributed by atoms with Crippen molar-refractivity contribution in [3.05, 3.63) is 48.3 Å². The van der Waals surface area contributed by atoms with Crippen molar-refractivity contribution < 1.29 is 4.74 Å². The maximum Gasteiger partial charge on any atom is 0.218 e. The summed E-state index contributed by atoms with van der Waals surface area (Å²) in [7, 11) is 0. The lowest BCUT2D eigenvalue weighted by molar-refractivity contribution is 0.156. The molecule has 134 valence electrons. The molecule has 2 aromatic heterocycles. The summed E-state index contributed by atoms with van der Waals surface area (Å²) in [5.41, 5.74) is 3.27. The molecule has 7 nitrogen and oxygen atoms in total. The van der Waals surface area contributed by atoms with E-state index in [0.717, 1.165) is 37.2 Å². The standard InChI is InChI=1S/C19H22N6O/c1-13-2-4-14(5-3-13)16-10-18(25-24-16)23-17-11-19(22-12-21-17)26-15-6-8-20-9-7-15/h2-5,10-12,15,20H,6-9H2,1H3,(H2,21,22,23,24,25). The number of nitrogens with zero attached hydrogens (tertiary/aromatic N) is 3. The van der Waals surface area contributed by atoms with Crippen LogP contribution in [0.15, 0.2) is 42.7 Å². The number of rotatable bonds is 5. The number of aromatic nitrogens is 4. The van der Waals surface area contributed by atoms with Gasteiger partial charge in [-0.3, -0.25) is 5.10 Å². The molecule has 7 heteroatoms. The predicted molar refractivity (Wildman–Crippen MR) is 101 cm³/mol. The van der Waals surface area contributed by atoms with Crippen molar-refractivity contribution >= 4 is 11.6 Å². The fourth-order valence-electron chi connectivity index (χ4n) is 2.95. The highest BCUT2D eigenvalue weighted by Crippen LogP contribution is 2.23. The number of H-pyrrole nitrogens is 1. The fourth-order valence-corrected chi connectivity index (χ4v) is 2.95. The minimum Gasteiger partial charge on any atom is -0.474 e. The summed E-state index contributed by atoms with van der Waals surface area (Å²) >= 11 is 0. The summed E-state index contributed by atoms with van der Waals surface area (Å²) in [6.07, 6.45) is 3.70. The first-order valence-corrected chi connectivity index (χ1v) is 8.85. The summed E-state index contributed by atoms with van der Waals surface area (Å²) in [6, 6.07) is 12.1. The Morgan fingerprint density at radius 2 is 1.85 bits per heavy atom. The second-order valence-electron chi connectivity index (χ2n) is 6.47. The summed E-state index contributed by atoms with van der Waals surface area (Å²) in [4.78, 5) is 8.47. The number of hydrogen-bond acceptors (Lipinski definition) is 6. The molecule has 0 saturated carbocycles. The highest BCUT2D eigenvalue weighted by atomic mass is 16.5. The molecular weight excluding hydrogens is 328 g/mol. The molecule has 0 spiro atoms. The third-order valence-corrected chi connectivity index (χ3v) is 4.41. The Morgan fingerprint density at radius 3 is 2.65 bits per heavy atom. The van der Waals surface area contributed by atoms with Gasteiger partial charge in [0.05, 0.1) is 5.69 Å². The number of aromatic amines is 1. The van der Waals surface area contributed by atoms with Gasteiger partial charge in [-0.15, -0.1) is 0 Å². The Kier molecular flexibility index (Phi) is 4.79. The van der Waals surface area contributed by atoms with Gasteiger partial charge in [0.25, 0.3) is 0 Å². The number of hydrogen-bond donors (Lipinski definition) is 3. The minimum absolute atomic E-state index is 0.206. The van der Waals surface area contributed by atoms with E-state index in [4.69, 9.17) is 4.74 Å². The molecular formula is C19H22N6O. The van der Waals surface area contributed by atoms with Crippen LogP contribution < -0.4 is 15.4 Å². The summed E-state index contributed by atoms with van der Waals surface area (Å²) in [5.74, 6) is 1.95. The van der Waals surface area contributed by atoms with Crippen molar-refractivity contribution in [2.45, 2.75) is 25.9 Å². The van der Waals surface area contributed by atoms with Crippen LogP contribution in [0.3, 0.4) is 0 Å². The first-order chi connectivity index (χ1) is 12.8. The number of anilines is 2. The molecule has 26 heavy (non-hydrogen) atoms. The topological polar surface area (TPSA) is 87.8 Å². The number of aryl methyl sites for hydroxylation is 1. The maximum absolute atomic E-state index is 5.96. The van der Waals surface area contributed by atoms with Crippen molar-refractivity contribution in [3.8, 4) is 17.1 Å². The lowest BCUT2D eigenvalue weighted by Crippen LogP contribution is -2.34. The van der Waals surface area contributed by atoms with Crippen molar-refractivity contribution in [3.63, 3.8) is 0 Å². The Labute approximate surface area is 152 Å². The van der Waals surface area contributed by atoms with Crippen molar-refractivity contribution in [2.75, 3.05) is 18.4 Å². The molecule has 3 N–H and O–H groups in total. The SMILES string of the molecule is Cc1ccc(-c2cc(Nc3cc(OC4CCNCC4)ncn3)n[nH]2)cc1. The second-order valence-corrected chi connectivity index (χ2v) is 6.47. The van der Waals surface area contributed by atoms with Crippen molar-refractivity contribution in [1.29, 1.82) is 0 Å². The molecule has 1 aliphatic heterocycles. The Hall–Kier alpha value is -2.93. The molecule has 1 saturated heterocycles. The Bertz CT molecular complexity index is 854. The van der Waals surface area contributed by atoms with Crippen LogP contribution in [0.25, 0.3) is 11.3 Å². The van der Waals surface area contributed by atoms with Gasteiger partial charge in [0, 0.05) is 12.1 Å². The molecule has 0 radical (unpaired) electrons. The highest BCUT2D eigenvalue weighted by molar-refractivity contribution is 5.65. The smallest absolute Gasteiger partial charge is 0.218 e. The summed E-state index contributed by atoms with van der Waals surface area (Å²) < 4.78 is 5.96. The average molecular weight is 350 g/mol. The average Bonchev–Trinajstić information content (AvgIpc) is 3.12. The molecule has 1 aromatic carbocycles. The Balaban J connectivity index is 1.44. The molecule has 1 fully saturated rings. The van der Waals surface area contributed by atoms with E-state index in [-0.39, 0.29) is 6.10 Å². The quantitative estimate of drug-likeness (QED) is 0.655. The van der Waals surface area contributed by atoms with E-state index < -0.39 is 0 Å². The first kappa shape index (κ1) is 16.5. The molecule has 4 rings (SSSR count). The van der Waals surface area contributed by atoms with Crippen LogP contribution >= 0.6 is 0 Å². The molecule has 0 amide bonds. The molecule has 0 atom stereocenters. The van der Waals surface area contributed by atoms with E-state index in [1.807, 2.05) is 12.1 Å². The van der Waals surface area contributed by atoms with Gasteiger partial charge < -0.3 is 15.4 Å². The largest absolute Gasteiger partial charge is 0.474 e. The maximum atomic E-state index is 5.96. The zero-order valence-corrected chi connectivity index (χ0v) is 14.7. The van der Waals surface area contributed by atoms with E-state index in [2.05, 4.69) is 62.0 Å². The van der Waals surface area contributed by atoms with Crippen LogP contribution in [-0.4, -0.2) is 39.4 Å². The molecule has 0 aliphatic carbocycles. The van der Waals surface area contributed by atoms with Gasteiger partial charge >= 0.3 is 0 Å². The van der Waals surface area contributed by atoms with Crippen molar-refractivity contribution in [2.24, 2.45) is 0 Å². The highest BCUT2D eigenvalue weighted by Gasteiger charge is 2.15. The summed E-state index contributed by atoms with van der Waals surface area (Å²) in [6.45, 7) is 4.04. The third-order valence-electron chi connectivity index (χ3n) is 4.41. The van der Waals surface area contributed by atoms with Gasteiger partial charge in [0.1, 0.15) is 18.2 Å². The van der Waals surface area contributed by atoms with Crippen LogP contribution in [-0.2, 0) is 0 Å². The number of nitrogens with one attached hydrogen (secondary N) is 3. The van der Waals surface area contributed by atoms with Gasteiger partial charge in [-0.05, 0) is 38.4 Å². The minimum atomic E-state index is 0.206. The van der Waals surface area contributed by atoms with Crippen LogP contribution in [0.5, 0.6) is 5.88 Å². The third kappa shape index (κ3) is 4.00. The van der Waals surface area contributed by atoms with Crippen LogP contribution in [0, 0.1) is 6.92 Å². The molecule has 1 aliphatic rings. The fraction of sp³-hybridized carbons (Fsp3) is 0.316. The van der Waals surface area contributed by atoms with Gasteiger partial charge in [0.15, 0.2) is 5.82 Å². The summed E-state index contributed by atoms with van der Waals surface area (Å²) in [5, 5.41) is 13.9. The monoisotopic (exact) mass is 350 g/mol. The van der Waals surface area contributed by atoms with E-state index >= 15 is 0 Å². The zero-order chi connectivity index (χ0) is 17.8. The van der Waals surface area contributed by atoms with Gasteiger partial charge in [0.2, 0.25) is 5.88 Å². The zero-order valence-electron chi connectivity index (χ0n) is 14.7. The first-order valence-electron chi connectivity index (χ1n) is 8.85. The van der Waals surface area contributed by atoms with Crippen LogP contribution in [0.1, 0.15) is 18.4 Å². The molecule has 0 unspecified atom stereocenters. The molecule has 3 heterocycles. The van der Waals surface area contributed by atoms with E-state index in [1.54, 1.807) is 0 Å². The Morgan fingerprint density at radius 1 is 1.04 bits per heavy atom. The van der Waals surface area contributed by atoms with E-state index in [1.165, 1.54) is 11.9 Å². The van der Waals surface area contributed by atoms with E-state index in [9.17, 15) is 0 Å². The van der Waals surface area contributed by atoms with Crippen molar-refractivity contribution in [1.82, 2.24) is 25.5 Å². The van der Waals surface area contributed by atoms with Gasteiger partial charge in [-0.2, -0.15) is 5.10 Å². The van der Waals surface area contributed by atoms with E-state index in [0.29, 0.717) is 17.5 Å². The normalized spacial score (nSPS) is 15.0. The van der Waals surface area contributed by atoms with Gasteiger partial charge in [-0.1, -0.05) is 29.8 Å². The second kappa shape index (κ2) is 7.53. The van der Waals surface area contributed by atoms with Crippen LogP contribution in [0.4, 0.5) is 11.6 Å². The lowest BCUT2D eigenvalue weighted by Gasteiger charge is -2.23. The number of benzene rings is 1. The van der Waals surface area contributed by atoms with Gasteiger partial charge in [-0.25, -0.2) is 9.97 Å². The number of ether oxygens (including phenoxy) is 1.